The minimum Gasteiger partial charge on any atom is -0.481 e. The lowest BCUT2D eigenvalue weighted by atomic mass is 9.76. The average Bonchev–Trinajstić information content (AvgIpc) is 2.74. The van der Waals surface area contributed by atoms with Crippen LogP contribution < -0.4 is 15.4 Å². The molecule has 0 radical (unpaired) electrons. The number of para-hydroxylation sites is 2. The Morgan fingerprint density at radius 3 is 2.27 bits per heavy atom. The molecular formula is C24H32N2O4. The van der Waals surface area contributed by atoms with Crippen LogP contribution in [0.3, 0.4) is 0 Å². The predicted octanol–water partition coefficient (Wildman–Crippen LogP) is 3.91. The first-order chi connectivity index (χ1) is 14.4. The first-order valence-corrected chi connectivity index (χ1v) is 10.5. The third kappa shape index (κ3) is 4.45. The van der Waals surface area contributed by atoms with Gasteiger partial charge in [0.25, 0.3) is 0 Å². The highest BCUT2D eigenvalue weighted by molar-refractivity contribution is 5.82. The zero-order valence-electron chi connectivity index (χ0n) is 18.2. The van der Waals surface area contributed by atoms with Crippen molar-refractivity contribution >= 4 is 11.6 Å². The third-order valence-electron chi connectivity index (χ3n) is 5.60. The van der Waals surface area contributed by atoms with Gasteiger partial charge in [0.1, 0.15) is 11.9 Å². The van der Waals surface area contributed by atoms with Gasteiger partial charge in [0.15, 0.2) is 6.29 Å². The zero-order chi connectivity index (χ0) is 21.7. The maximum atomic E-state index is 12.6. The Morgan fingerprint density at radius 1 is 1.07 bits per heavy atom. The van der Waals surface area contributed by atoms with E-state index in [0.717, 1.165) is 17.0 Å². The van der Waals surface area contributed by atoms with E-state index in [1.54, 1.807) is 0 Å². The molecule has 2 N–H and O–H groups in total. The fourth-order valence-corrected chi connectivity index (χ4v) is 4.01. The van der Waals surface area contributed by atoms with Gasteiger partial charge in [0.05, 0.1) is 23.7 Å². The van der Waals surface area contributed by atoms with Crippen LogP contribution in [-0.2, 0) is 14.3 Å². The number of rotatable bonds is 9. The van der Waals surface area contributed by atoms with E-state index in [4.69, 9.17) is 19.9 Å². The fourth-order valence-electron chi connectivity index (χ4n) is 4.01. The van der Waals surface area contributed by atoms with E-state index >= 15 is 0 Å². The summed E-state index contributed by atoms with van der Waals surface area (Å²) in [7, 11) is 0. The van der Waals surface area contributed by atoms with Gasteiger partial charge in [0, 0.05) is 13.2 Å². The first-order valence-electron chi connectivity index (χ1n) is 10.5. The van der Waals surface area contributed by atoms with Crippen molar-refractivity contribution in [2.75, 3.05) is 24.7 Å². The Balaban J connectivity index is 2.13. The molecule has 2 unspecified atom stereocenters. The van der Waals surface area contributed by atoms with E-state index in [1.165, 1.54) is 0 Å². The number of hydrogen-bond donors (Lipinski definition) is 1. The van der Waals surface area contributed by atoms with Crippen LogP contribution in [0.2, 0.25) is 0 Å². The summed E-state index contributed by atoms with van der Waals surface area (Å²) in [6, 6.07) is 17.4. The molecule has 0 saturated heterocycles. The number of carbonyl (C=O) groups excluding carboxylic acids is 1. The number of nitrogens with two attached hydrogens (primary N) is 1. The number of hydrogen-bond acceptors (Lipinski definition) is 5. The fraction of sp³-hybridized carbons (Fsp3) is 0.458. The van der Waals surface area contributed by atoms with E-state index < -0.39 is 11.7 Å². The molecule has 0 aliphatic carbocycles. The quantitative estimate of drug-likeness (QED) is 0.632. The predicted molar refractivity (Wildman–Crippen MR) is 117 cm³/mol. The topological polar surface area (TPSA) is 74.0 Å². The third-order valence-corrected chi connectivity index (χ3v) is 5.60. The van der Waals surface area contributed by atoms with Crippen molar-refractivity contribution in [3.8, 4) is 5.75 Å². The lowest BCUT2D eigenvalue weighted by Crippen LogP contribution is -2.59. The summed E-state index contributed by atoms with van der Waals surface area (Å²) in [5.74, 6) is 0.375. The van der Waals surface area contributed by atoms with E-state index in [0.29, 0.717) is 19.8 Å². The summed E-state index contributed by atoms with van der Waals surface area (Å²) in [4.78, 5) is 14.7. The van der Waals surface area contributed by atoms with Gasteiger partial charge in [-0.05, 0) is 45.4 Å². The molecule has 0 spiro atoms. The maximum Gasteiger partial charge on any atom is 0.225 e. The molecule has 2 aromatic rings. The number of primary amides is 1. The molecule has 30 heavy (non-hydrogen) atoms. The molecule has 0 aromatic heterocycles. The van der Waals surface area contributed by atoms with Crippen molar-refractivity contribution in [3.05, 3.63) is 60.2 Å². The van der Waals surface area contributed by atoms with Crippen LogP contribution >= 0.6 is 0 Å². The van der Waals surface area contributed by atoms with Gasteiger partial charge in [-0.15, -0.1) is 0 Å². The van der Waals surface area contributed by atoms with Crippen molar-refractivity contribution in [1.29, 1.82) is 0 Å². The Morgan fingerprint density at radius 2 is 1.67 bits per heavy atom. The molecule has 6 heteroatoms. The highest BCUT2D eigenvalue weighted by Gasteiger charge is 2.49. The van der Waals surface area contributed by atoms with E-state index in [9.17, 15) is 4.79 Å². The smallest absolute Gasteiger partial charge is 0.225 e. The van der Waals surface area contributed by atoms with Gasteiger partial charge in [0.2, 0.25) is 5.91 Å². The lowest BCUT2D eigenvalue weighted by Gasteiger charge is -2.50. The Labute approximate surface area is 178 Å². The number of fused-ring (bicyclic) bond motifs is 1. The van der Waals surface area contributed by atoms with Gasteiger partial charge < -0.3 is 24.8 Å². The van der Waals surface area contributed by atoms with Crippen molar-refractivity contribution in [1.82, 2.24) is 0 Å². The Bertz CT molecular complexity index is 834. The molecular weight excluding hydrogens is 380 g/mol. The van der Waals surface area contributed by atoms with Crippen LogP contribution in [0.4, 0.5) is 5.69 Å². The van der Waals surface area contributed by atoms with E-state index in [1.807, 2.05) is 82.3 Å². The van der Waals surface area contributed by atoms with Crippen LogP contribution in [0, 0.1) is 5.41 Å². The second-order valence-electron chi connectivity index (χ2n) is 7.94. The summed E-state index contributed by atoms with van der Waals surface area (Å²) in [5, 5.41) is 0. The zero-order valence-corrected chi connectivity index (χ0v) is 18.2. The van der Waals surface area contributed by atoms with Crippen LogP contribution in [0.1, 0.15) is 39.4 Å². The maximum absolute atomic E-state index is 12.6. The second-order valence-corrected chi connectivity index (χ2v) is 7.94. The first kappa shape index (κ1) is 22.1. The largest absolute Gasteiger partial charge is 0.481 e. The molecule has 6 nitrogen and oxygen atoms in total. The van der Waals surface area contributed by atoms with Crippen molar-refractivity contribution in [3.63, 3.8) is 0 Å². The van der Waals surface area contributed by atoms with Crippen LogP contribution in [-0.4, -0.2) is 38.0 Å². The number of amides is 1. The standard InChI is InChI=1S/C24H32N2O4/c1-5-28-20(29-6-2)16-26-18-14-10-11-15-19(18)30-21(17-12-8-7-9-13-17)22(26)24(3,4)23(25)27/h7-15,20-22H,5-6,16H2,1-4H3,(H2,25,27). The van der Waals surface area contributed by atoms with Gasteiger partial charge in [-0.3, -0.25) is 4.79 Å². The molecule has 0 bridgehead atoms. The molecule has 0 saturated carbocycles. The molecule has 1 aliphatic rings. The Kier molecular flexibility index (Phi) is 7.00. The minimum atomic E-state index is -0.878. The van der Waals surface area contributed by atoms with Crippen LogP contribution in [0.25, 0.3) is 0 Å². The average molecular weight is 413 g/mol. The molecule has 2 atom stereocenters. The lowest BCUT2D eigenvalue weighted by molar-refractivity contribution is -0.136. The molecule has 0 fully saturated rings. The number of anilines is 1. The summed E-state index contributed by atoms with van der Waals surface area (Å²) < 4.78 is 18.2. The number of nitrogens with zero attached hydrogens (tertiary/aromatic N) is 1. The highest BCUT2D eigenvalue weighted by atomic mass is 16.7. The van der Waals surface area contributed by atoms with Crippen molar-refractivity contribution in [2.45, 2.75) is 46.1 Å². The van der Waals surface area contributed by atoms with Crippen molar-refractivity contribution < 1.29 is 19.0 Å². The highest BCUT2D eigenvalue weighted by Crippen LogP contribution is 2.47. The van der Waals surface area contributed by atoms with Crippen LogP contribution in [0.5, 0.6) is 5.75 Å². The normalized spacial score (nSPS) is 18.8. The molecule has 1 aliphatic heterocycles. The molecule has 1 heterocycles. The number of ether oxygens (including phenoxy) is 3. The SMILES string of the molecule is CCOC(CN1c2ccccc2OC(c2ccccc2)C1C(C)(C)C(N)=O)OCC. The van der Waals surface area contributed by atoms with Gasteiger partial charge >= 0.3 is 0 Å². The van der Waals surface area contributed by atoms with Gasteiger partial charge in [-0.25, -0.2) is 0 Å². The summed E-state index contributed by atoms with van der Waals surface area (Å²) in [6.07, 6.45) is -0.818. The molecule has 2 aromatic carbocycles. The molecule has 162 valence electrons. The minimum absolute atomic E-state index is 0.351. The molecule has 1 amide bonds. The second kappa shape index (κ2) is 9.49. The van der Waals surface area contributed by atoms with Crippen molar-refractivity contribution in [2.24, 2.45) is 11.1 Å². The van der Waals surface area contributed by atoms with Gasteiger partial charge in [-0.2, -0.15) is 0 Å². The molecule has 3 rings (SSSR count). The summed E-state index contributed by atoms with van der Waals surface area (Å²) in [6.45, 7) is 9.14. The number of benzene rings is 2. The summed E-state index contributed by atoms with van der Waals surface area (Å²) in [5.41, 5.74) is 6.89. The van der Waals surface area contributed by atoms with E-state index in [2.05, 4.69) is 4.90 Å². The number of carbonyl (C=O) groups is 1. The monoisotopic (exact) mass is 412 g/mol. The Hall–Kier alpha value is -2.57. The van der Waals surface area contributed by atoms with Crippen LogP contribution in [0.15, 0.2) is 54.6 Å². The van der Waals surface area contributed by atoms with Gasteiger partial charge in [-0.1, -0.05) is 42.5 Å². The summed E-state index contributed by atoms with van der Waals surface area (Å²) >= 11 is 0. The van der Waals surface area contributed by atoms with E-state index in [-0.39, 0.29) is 18.1 Å².